The fourth-order valence-electron chi connectivity index (χ4n) is 3.58. The third-order valence-corrected chi connectivity index (χ3v) is 5.48. The molecule has 1 saturated heterocycles. The number of amides is 1. The average Bonchev–Trinajstić information content (AvgIpc) is 3.30. The number of piperidine rings is 1. The quantitative estimate of drug-likeness (QED) is 0.851. The molecule has 0 bridgehead atoms. The number of nitrogens with zero attached hydrogens (tertiary/aromatic N) is 4. The molecule has 1 amide bonds. The van der Waals surface area contributed by atoms with E-state index >= 15 is 0 Å². The Balaban J connectivity index is 1.62. The fourth-order valence-corrected chi connectivity index (χ4v) is 3.58. The molecule has 0 unspecified atom stereocenters. The molecule has 2 atom stereocenters. The molecule has 0 aromatic carbocycles. The molecule has 1 saturated carbocycles. The van der Waals surface area contributed by atoms with Crippen molar-refractivity contribution in [2.45, 2.75) is 58.9 Å². The highest BCUT2D eigenvalue weighted by atomic mass is 16.2. The van der Waals surface area contributed by atoms with Gasteiger partial charge < -0.3 is 9.80 Å². The van der Waals surface area contributed by atoms with Gasteiger partial charge in [-0.3, -0.25) is 4.79 Å². The summed E-state index contributed by atoms with van der Waals surface area (Å²) in [6, 6.07) is 2.45. The predicted molar refractivity (Wildman–Crippen MR) is 96.1 cm³/mol. The summed E-state index contributed by atoms with van der Waals surface area (Å²) in [4.78, 5) is 26.1. The lowest BCUT2D eigenvalue weighted by Crippen LogP contribution is -2.46. The fraction of sp³-hybridized carbons (Fsp3) is 0.737. The van der Waals surface area contributed by atoms with Gasteiger partial charge in [0.05, 0.1) is 0 Å². The normalized spacial score (nSPS) is 24.3. The Labute approximate surface area is 145 Å². The van der Waals surface area contributed by atoms with Gasteiger partial charge in [-0.1, -0.05) is 20.8 Å². The Hall–Kier alpha value is -1.65. The Morgan fingerprint density at radius 1 is 1.29 bits per heavy atom. The van der Waals surface area contributed by atoms with E-state index in [2.05, 4.69) is 36.7 Å². The Bertz CT molecular complexity index is 607. The van der Waals surface area contributed by atoms with Gasteiger partial charge in [-0.25, -0.2) is 9.97 Å². The SMILES string of the molecule is Cc1cc(N2CCC(N(C)C(=O)[C@@H]3C[C@H]3C)CC2)nc(C(C)C)n1. The Kier molecular flexibility index (Phi) is 4.79. The number of carbonyl (C=O) groups excluding carboxylic acids is 1. The van der Waals surface area contributed by atoms with Crippen molar-refractivity contribution in [2.75, 3.05) is 25.0 Å². The van der Waals surface area contributed by atoms with Crippen LogP contribution in [0.3, 0.4) is 0 Å². The Morgan fingerprint density at radius 3 is 2.46 bits per heavy atom. The van der Waals surface area contributed by atoms with Gasteiger partial charge in [0.2, 0.25) is 5.91 Å². The minimum absolute atomic E-state index is 0.283. The van der Waals surface area contributed by atoms with Gasteiger partial charge in [0.1, 0.15) is 11.6 Å². The first-order chi connectivity index (χ1) is 11.4. The van der Waals surface area contributed by atoms with Crippen LogP contribution in [0.1, 0.15) is 57.5 Å². The van der Waals surface area contributed by atoms with Crippen LogP contribution in [-0.4, -0.2) is 47.0 Å². The predicted octanol–water partition coefficient (Wildman–Crippen LogP) is 2.99. The van der Waals surface area contributed by atoms with Crippen LogP contribution in [0, 0.1) is 18.8 Å². The molecule has 2 aliphatic rings. The van der Waals surface area contributed by atoms with E-state index in [1.807, 2.05) is 18.9 Å². The van der Waals surface area contributed by atoms with E-state index in [0.29, 0.717) is 23.8 Å². The number of aryl methyl sites for hydroxylation is 1. The summed E-state index contributed by atoms with van der Waals surface area (Å²) in [6.45, 7) is 10.4. The van der Waals surface area contributed by atoms with Crippen LogP contribution < -0.4 is 4.90 Å². The highest BCUT2D eigenvalue weighted by Gasteiger charge is 2.42. The van der Waals surface area contributed by atoms with Gasteiger partial charge in [0, 0.05) is 49.8 Å². The number of aromatic nitrogens is 2. The molecule has 132 valence electrons. The summed E-state index contributed by atoms with van der Waals surface area (Å²) >= 11 is 0. The van der Waals surface area contributed by atoms with Gasteiger partial charge in [0.15, 0.2) is 0 Å². The van der Waals surface area contributed by atoms with Crippen molar-refractivity contribution >= 4 is 11.7 Å². The summed E-state index contributed by atoms with van der Waals surface area (Å²) in [7, 11) is 1.99. The second kappa shape index (κ2) is 6.69. The molecule has 1 aliphatic carbocycles. The van der Waals surface area contributed by atoms with Crippen LogP contribution in [0.4, 0.5) is 5.82 Å². The maximum atomic E-state index is 12.4. The molecular formula is C19H30N4O. The summed E-state index contributed by atoms with van der Waals surface area (Å²) in [5.41, 5.74) is 1.03. The number of hydrogen-bond donors (Lipinski definition) is 0. The standard InChI is InChI=1S/C19H30N4O/c1-12(2)18-20-14(4)11-17(21-18)23-8-6-15(7-9-23)22(5)19(24)16-10-13(16)3/h11-13,15-16H,6-10H2,1-5H3/t13-,16-/m1/s1. The maximum absolute atomic E-state index is 12.4. The zero-order valence-electron chi connectivity index (χ0n) is 15.6. The van der Waals surface area contributed by atoms with Crippen molar-refractivity contribution in [3.8, 4) is 0 Å². The van der Waals surface area contributed by atoms with Crippen LogP contribution in [0.5, 0.6) is 0 Å². The zero-order valence-corrected chi connectivity index (χ0v) is 15.6. The van der Waals surface area contributed by atoms with E-state index in [4.69, 9.17) is 4.98 Å². The molecule has 5 nitrogen and oxygen atoms in total. The minimum Gasteiger partial charge on any atom is -0.356 e. The van der Waals surface area contributed by atoms with Crippen molar-refractivity contribution in [2.24, 2.45) is 11.8 Å². The summed E-state index contributed by atoms with van der Waals surface area (Å²) in [5, 5.41) is 0. The number of rotatable bonds is 4. The molecule has 1 aromatic rings. The largest absolute Gasteiger partial charge is 0.356 e. The molecule has 0 N–H and O–H groups in total. The third kappa shape index (κ3) is 3.55. The number of carbonyl (C=O) groups is 1. The van der Waals surface area contributed by atoms with Crippen LogP contribution in [-0.2, 0) is 4.79 Å². The van der Waals surface area contributed by atoms with E-state index in [1.54, 1.807) is 0 Å². The van der Waals surface area contributed by atoms with Gasteiger partial charge in [-0.05, 0) is 32.1 Å². The monoisotopic (exact) mass is 330 g/mol. The minimum atomic E-state index is 0.283. The first-order valence-corrected chi connectivity index (χ1v) is 9.24. The third-order valence-electron chi connectivity index (χ3n) is 5.48. The molecule has 1 aromatic heterocycles. The van der Waals surface area contributed by atoms with E-state index < -0.39 is 0 Å². The summed E-state index contributed by atoms with van der Waals surface area (Å²) in [6.07, 6.45) is 3.10. The van der Waals surface area contributed by atoms with E-state index in [0.717, 1.165) is 49.7 Å². The van der Waals surface area contributed by atoms with Crippen molar-refractivity contribution in [3.63, 3.8) is 0 Å². The lowest BCUT2D eigenvalue weighted by atomic mass is 10.0. The number of anilines is 1. The molecule has 24 heavy (non-hydrogen) atoms. The van der Waals surface area contributed by atoms with Crippen LogP contribution in [0.25, 0.3) is 0 Å². The number of hydrogen-bond acceptors (Lipinski definition) is 4. The van der Waals surface area contributed by atoms with Crippen molar-refractivity contribution in [1.82, 2.24) is 14.9 Å². The molecular weight excluding hydrogens is 300 g/mol. The topological polar surface area (TPSA) is 49.3 Å². The van der Waals surface area contributed by atoms with Crippen LogP contribution in [0.2, 0.25) is 0 Å². The summed E-state index contributed by atoms with van der Waals surface area (Å²) in [5.74, 6) is 3.51. The molecule has 1 aliphatic heterocycles. The van der Waals surface area contributed by atoms with Crippen molar-refractivity contribution in [3.05, 3.63) is 17.6 Å². The van der Waals surface area contributed by atoms with Gasteiger partial charge in [-0.15, -0.1) is 0 Å². The average molecular weight is 330 g/mol. The van der Waals surface area contributed by atoms with Crippen LogP contribution in [0.15, 0.2) is 6.07 Å². The second-order valence-corrected chi connectivity index (χ2v) is 7.87. The smallest absolute Gasteiger partial charge is 0.225 e. The van der Waals surface area contributed by atoms with Crippen LogP contribution >= 0.6 is 0 Å². The molecule has 3 rings (SSSR count). The Morgan fingerprint density at radius 2 is 1.92 bits per heavy atom. The van der Waals surface area contributed by atoms with E-state index in [9.17, 15) is 4.79 Å². The lowest BCUT2D eigenvalue weighted by Gasteiger charge is -2.37. The molecule has 2 fully saturated rings. The highest BCUT2D eigenvalue weighted by molar-refractivity contribution is 5.81. The highest BCUT2D eigenvalue weighted by Crippen LogP contribution is 2.39. The molecule has 2 heterocycles. The summed E-state index contributed by atoms with van der Waals surface area (Å²) < 4.78 is 0. The molecule has 5 heteroatoms. The maximum Gasteiger partial charge on any atom is 0.225 e. The second-order valence-electron chi connectivity index (χ2n) is 7.87. The van der Waals surface area contributed by atoms with Gasteiger partial charge >= 0.3 is 0 Å². The zero-order chi connectivity index (χ0) is 17.4. The molecule has 0 spiro atoms. The van der Waals surface area contributed by atoms with Crippen molar-refractivity contribution in [1.29, 1.82) is 0 Å². The van der Waals surface area contributed by atoms with E-state index in [-0.39, 0.29) is 5.92 Å². The first-order valence-electron chi connectivity index (χ1n) is 9.24. The lowest BCUT2D eigenvalue weighted by molar-refractivity contribution is -0.134. The van der Waals surface area contributed by atoms with E-state index in [1.165, 1.54) is 0 Å². The van der Waals surface area contributed by atoms with Gasteiger partial charge in [0.25, 0.3) is 0 Å². The molecule has 0 radical (unpaired) electrons. The first kappa shape index (κ1) is 17.2. The van der Waals surface area contributed by atoms with Gasteiger partial charge in [-0.2, -0.15) is 0 Å². The van der Waals surface area contributed by atoms with Crippen molar-refractivity contribution < 1.29 is 4.79 Å².